The first-order chi connectivity index (χ1) is 14.2. The molecule has 0 spiro atoms. The van der Waals surface area contributed by atoms with Gasteiger partial charge in [0.25, 0.3) is 5.91 Å². The summed E-state index contributed by atoms with van der Waals surface area (Å²) >= 11 is 0. The molecule has 160 valence electrons. The average Bonchev–Trinajstić information content (AvgIpc) is 2.74. The lowest BCUT2D eigenvalue weighted by molar-refractivity contribution is -0.129. The predicted molar refractivity (Wildman–Crippen MR) is 116 cm³/mol. The average molecular weight is 430 g/mol. The molecular weight excluding hydrogens is 402 g/mol. The highest BCUT2D eigenvalue weighted by Crippen LogP contribution is 2.25. The monoisotopic (exact) mass is 429 g/mol. The normalized spacial score (nSPS) is 15.3. The third-order valence-electron chi connectivity index (χ3n) is 5.25. The highest BCUT2D eigenvalue weighted by Gasteiger charge is 2.29. The first kappa shape index (κ1) is 22.0. The zero-order chi connectivity index (χ0) is 21.9. The van der Waals surface area contributed by atoms with Crippen molar-refractivity contribution in [3.63, 3.8) is 0 Å². The summed E-state index contributed by atoms with van der Waals surface area (Å²) in [4.78, 5) is 26.0. The van der Waals surface area contributed by atoms with Crippen molar-refractivity contribution >= 4 is 27.5 Å². The van der Waals surface area contributed by atoms with Crippen molar-refractivity contribution in [3.8, 4) is 0 Å². The second-order valence-corrected chi connectivity index (χ2v) is 9.57. The fourth-order valence-electron chi connectivity index (χ4n) is 3.50. The number of anilines is 1. The first-order valence-corrected chi connectivity index (χ1v) is 11.4. The Balaban J connectivity index is 1.79. The van der Waals surface area contributed by atoms with Crippen LogP contribution in [0.15, 0.2) is 53.4 Å². The quantitative estimate of drug-likeness (QED) is 0.792. The minimum absolute atomic E-state index is 0.0626. The van der Waals surface area contributed by atoms with Gasteiger partial charge in [-0.15, -0.1) is 0 Å². The standard InChI is InChI=1S/C22H27N3O4S/c1-16(2)20-9-4-5-10-21(20)23-22(27)18-7-6-8-19(15-18)30(28,29)25-13-11-24(12-14-25)17(3)26/h4-10,15-16H,11-14H2,1-3H3,(H,23,27). The minimum atomic E-state index is -3.75. The van der Waals surface area contributed by atoms with Gasteiger partial charge in [-0.2, -0.15) is 4.31 Å². The smallest absolute Gasteiger partial charge is 0.255 e. The molecule has 0 unspecified atom stereocenters. The van der Waals surface area contributed by atoms with E-state index in [1.165, 1.54) is 23.4 Å². The van der Waals surface area contributed by atoms with Crippen LogP contribution in [-0.4, -0.2) is 55.6 Å². The molecule has 0 saturated carbocycles. The van der Waals surface area contributed by atoms with E-state index in [0.29, 0.717) is 18.8 Å². The van der Waals surface area contributed by atoms with Gasteiger partial charge in [0.2, 0.25) is 15.9 Å². The summed E-state index contributed by atoms with van der Waals surface area (Å²) in [7, 11) is -3.75. The van der Waals surface area contributed by atoms with Gasteiger partial charge in [0.1, 0.15) is 0 Å². The molecule has 2 aromatic carbocycles. The largest absolute Gasteiger partial charge is 0.340 e. The van der Waals surface area contributed by atoms with Crippen LogP contribution in [0.25, 0.3) is 0 Å². The summed E-state index contributed by atoms with van der Waals surface area (Å²) in [6.45, 7) is 6.76. The number of para-hydroxylation sites is 1. The lowest BCUT2D eigenvalue weighted by Gasteiger charge is -2.33. The topological polar surface area (TPSA) is 86.8 Å². The lowest BCUT2D eigenvalue weighted by atomic mass is 10.0. The number of amides is 2. The Kier molecular flexibility index (Phi) is 6.58. The third kappa shape index (κ3) is 4.71. The molecule has 1 aliphatic heterocycles. The molecule has 7 nitrogen and oxygen atoms in total. The van der Waals surface area contributed by atoms with Crippen molar-refractivity contribution < 1.29 is 18.0 Å². The molecule has 1 heterocycles. The van der Waals surface area contributed by atoms with Crippen LogP contribution in [0.5, 0.6) is 0 Å². The summed E-state index contributed by atoms with van der Waals surface area (Å²) in [5.41, 5.74) is 2.00. The Morgan fingerprint density at radius 3 is 2.27 bits per heavy atom. The molecule has 3 rings (SSSR count). The van der Waals surface area contributed by atoms with E-state index in [1.807, 2.05) is 38.1 Å². The van der Waals surface area contributed by atoms with Crippen LogP contribution in [0.3, 0.4) is 0 Å². The van der Waals surface area contributed by atoms with E-state index < -0.39 is 10.0 Å². The van der Waals surface area contributed by atoms with Crippen LogP contribution in [-0.2, 0) is 14.8 Å². The van der Waals surface area contributed by atoms with Crippen LogP contribution in [0, 0.1) is 0 Å². The van der Waals surface area contributed by atoms with Gasteiger partial charge in [0.05, 0.1) is 4.90 Å². The van der Waals surface area contributed by atoms with Crippen molar-refractivity contribution in [2.45, 2.75) is 31.6 Å². The Bertz CT molecular complexity index is 1040. The molecule has 2 aromatic rings. The number of nitrogens with zero attached hydrogens (tertiary/aromatic N) is 2. The van der Waals surface area contributed by atoms with Gasteiger partial charge >= 0.3 is 0 Å². The number of hydrogen-bond donors (Lipinski definition) is 1. The maximum Gasteiger partial charge on any atom is 0.255 e. The molecule has 0 radical (unpaired) electrons. The van der Waals surface area contributed by atoms with Crippen LogP contribution in [0.2, 0.25) is 0 Å². The molecule has 30 heavy (non-hydrogen) atoms. The van der Waals surface area contributed by atoms with Gasteiger partial charge in [0, 0.05) is 44.4 Å². The Morgan fingerprint density at radius 2 is 1.63 bits per heavy atom. The highest BCUT2D eigenvalue weighted by molar-refractivity contribution is 7.89. The molecule has 0 bridgehead atoms. The maximum atomic E-state index is 13.0. The van der Waals surface area contributed by atoms with Crippen LogP contribution < -0.4 is 5.32 Å². The third-order valence-corrected chi connectivity index (χ3v) is 7.14. The van der Waals surface area contributed by atoms with Crippen LogP contribution >= 0.6 is 0 Å². The predicted octanol–water partition coefficient (Wildman–Crippen LogP) is 2.92. The molecule has 0 atom stereocenters. The van der Waals surface area contributed by atoms with Crippen LogP contribution in [0.4, 0.5) is 5.69 Å². The second kappa shape index (κ2) is 8.97. The number of benzene rings is 2. The van der Waals surface area contributed by atoms with E-state index in [0.717, 1.165) is 5.56 Å². The van der Waals surface area contributed by atoms with Gasteiger partial charge < -0.3 is 10.2 Å². The number of nitrogens with one attached hydrogen (secondary N) is 1. The molecule has 2 amide bonds. The molecule has 1 N–H and O–H groups in total. The summed E-state index contributed by atoms with van der Waals surface area (Å²) in [6, 6.07) is 13.6. The van der Waals surface area contributed by atoms with E-state index in [9.17, 15) is 18.0 Å². The Hall–Kier alpha value is -2.71. The van der Waals surface area contributed by atoms with E-state index >= 15 is 0 Å². The summed E-state index contributed by atoms with van der Waals surface area (Å²) < 4.78 is 27.4. The summed E-state index contributed by atoms with van der Waals surface area (Å²) in [6.07, 6.45) is 0. The van der Waals surface area contributed by atoms with E-state index in [1.54, 1.807) is 17.0 Å². The molecule has 1 fully saturated rings. The molecule has 0 aliphatic carbocycles. The maximum absolute atomic E-state index is 13.0. The van der Waals surface area contributed by atoms with Crippen molar-refractivity contribution in [1.82, 2.24) is 9.21 Å². The highest BCUT2D eigenvalue weighted by atomic mass is 32.2. The van der Waals surface area contributed by atoms with Gasteiger partial charge in [-0.3, -0.25) is 9.59 Å². The molecule has 0 aromatic heterocycles. The van der Waals surface area contributed by atoms with Gasteiger partial charge in [0.15, 0.2) is 0 Å². The SMILES string of the molecule is CC(=O)N1CCN(S(=O)(=O)c2cccc(C(=O)Nc3ccccc3C(C)C)c2)CC1. The van der Waals surface area contributed by atoms with E-state index in [-0.39, 0.29) is 41.3 Å². The van der Waals surface area contributed by atoms with Gasteiger partial charge in [-0.25, -0.2) is 8.42 Å². The lowest BCUT2D eigenvalue weighted by Crippen LogP contribution is -2.49. The van der Waals surface area contributed by atoms with E-state index in [2.05, 4.69) is 5.32 Å². The fraction of sp³-hybridized carbons (Fsp3) is 0.364. The number of carbonyl (C=O) groups excluding carboxylic acids is 2. The Labute approximate surface area is 177 Å². The minimum Gasteiger partial charge on any atom is -0.340 e. The molecule has 1 saturated heterocycles. The fourth-order valence-corrected chi connectivity index (χ4v) is 4.97. The van der Waals surface area contributed by atoms with Crippen molar-refractivity contribution in [1.29, 1.82) is 0 Å². The van der Waals surface area contributed by atoms with Gasteiger partial charge in [-0.05, 0) is 35.7 Å². The molecule has 8 heteroatoms. The number of carbonyl (C=O) groups is 2. The van der Waals surface area contributed by atoms with Crippen molar-refractivity contribution in [2.75, 3.05) is 31.5 Å². The summed E-state index contributed by atoms with van der Waals surface area (Å²) in [5.74, 6) is -0.184. The number of sulfonamides is 1. The number of hydrogen-bond acceptors (Lipinski definition) is 4. The number of rotatable bonds is 5. The first-order valence-electron chi connectivity index (χ1n) is 9.96. The Morgan fingerprint density at radius 1 is 0.967 bits per heavy atom. The molecular formula is C22H27N3O4S. The van der Waals surface area contributed by atoms with Crippen molar-refractivity contribution in [3.05, 3.63) is 59.7 Å². The van der Waals surface area contributed by atoms with Gasteiger partial charge in [-0.1, -0.05) is 38.1 Å². The molecule has 1 aliphatic rings. The van der Waals surface area contributed by atoms with E-state index in [4.69, 9.17) is 0 Å². The number of piperazine rings is 1. The van der Waals surface area contributed by atoms with Crippen molar-refractivity contribution in [2.24, 2.45) is 0 Å². The zero-order valence-electron chi connectivity index (χ0n) is 17.5. The zero-order valence-corrected chi connectivity index (χ0v) is 18.3. The van der Waals surface area contributed by atoms with Crippen LogP contribution in [0.1, 0.15) is 42.6 Å². The summed E-state index contributed by atoms with van der Waals surface area (Å²) in [5, 5.41) is 2.89. The second-order valence-electron chi connectivity index (χ2n) is 7.63.